The van der Waals surface area contributed by atoms with Crippen LogP contribution in [0.4, 0.5) is 10.5 Å². The Kier molecular flexibility index (Phi) is 6.93. The second kappa shape index (κ2) is 8.47. The van der Waals surface area contributed by atoms with Crippen LogP contribution < -0.4 is 5.32 Å². The fraction of sp³-hybridized carbons (Fsp3) is 0.429. The first-order chi connectivity index (χ1) is 9.51. The van der Waals surface area contributed by atoms with Crippen LogP contribution in [0.5, 0.6) is 0 Å². The number of thioether (sulfide) groups is 1. The van der Waals surface area contributed by atoms with Gasteiger partial charge in [0.25, 0.3) is 0 Å². The average molecular weight is 297 g/mol. The molecule has 0 saturated heterocycles. The Bertz CT molecular complexity index is 447. The highest BCUT2D eigenvalue weighted by Crippen LogP contribution is 2.11. The van der Waals surface area contributed by atoms with Crippen molar-refractivity contribution in [2.75, 3.05) is 18.2 Å². The van der Waals surface area contributed by atoms with Crippen LogP contribution in [0.15, 0.2) is 24.3 Å². The van der Waals surface area contributed by atoms with Gasteiger partial charge >= 0.3 is 12.1 Å². The molecule has 0 aliphatic heterocycles. The fourth-order valence-electron chi connectivity index (χ4n) is 1.28. The molecule has 5 nitrogen and oxygen atoms in total. The molecular formula is C14H19NO4S. The van der Waals surface area contributed by atoms with Crippen LogP contribution in [0.1, 0.15) is 19.4 Å². The quantitative estimate of drug-likeness (QED) is 0.818. The molecule has 6 heteroatoms. The van der Waals surface area contributed by atoms with Crippen molar-refractivity contribution in [3.05, 3.63) is 29.8 Å². The number of carbonyl (C=O) groups is 2. The molecule has 0 aliphatic carbocycles. The smallest absolute Gasteiger partial charge is 0.411 e. The number of carbonyl (C=O) groups excluding carboxylic acids is 2. The number of nitrogens with one attached hydrogen (secondary N) is 1. The second-order valence-electron chi connectivity index (χ2n) is 4.25. The summed E-state index contributed by atoms with van der Waals surface area (Å²) in [6.07, 6.45) is 1.49. The normalized spacial score (nSPS) is 11.6. The molecule has 1 amide bonds. The van der Waals surface area contributed by atoms with Crippen LogP contribution in [-0.2, 0) is 20.9 Å². The largest absolute Gasteiger partial charge is 0.461 e. The topological polar surface area (TPSA) is 64.6 Å². The molecule has 0 spiro atoms. The second-order valence-corrected chi connectivity index (χ2v) is 5.52. The van der Waals surface area contributed by atoms with E-state index in [1.165, 1.54) is 6.92 Å². The monoisotopic (exact) mass is 297 g/mol. The van der Waals surface area contributed by atoms with Gasteiger partial charge in [0.05, 0.1) is 0 Å². The number of hydrogen-bond donors (Lipinski definition) is 1. The Hall–Kier alpha value is -1.69. The number of esters is 1. The van der Waals surface area contributed by atoms with Gasteiger partial charge in [-0.05, 0) is 24.0 Å². The van der Waals surface area contributed by atoms with E-state index in [9.17, 15) is 9.59 Å². The predicted octanol–water partition coefficient (Wildman–Crippen LogP) is 3.05. The molecule has 0 saturated carbocycles. The summed E-state index contributed by atoms with van der Waals surface area (Å²) in [7, 11) is 0. The van der Waals surface area contributed by atoms with E-state index in [4.69, 9.17) is 9.47 Å². The number of ether oxygens (including phenoxy) is 2. The summed E-state index contributed by atoms with van der Waals surface area (Å²) in [5.74, 6) is -0.321. The molecule has 0 bridgehead atoms. The van der Waals surface area contributed by atoms with Crippen LogP contribution in [-0.4, -0.2) is 30.2 Å². The molecule has 1 rings (SSSR count). The maximum absolute atomic E-state index is 11.5. The van der Waals surface area contributed by atoms with E-state index >= 15 is 0 Å². The van der Waals surface area contributed by atoms with Crippen molar-refractivity contribution in [3.63, 3.8) is 0 Å². The lowest BCUT2D eigenvalue weighted by Gasteiger charge is -2.10. The molecule has 0 heterocycles. The van der Waals surface area contributed by atoms with Crippen molar-refractivity contribution < 1.29 is 19.1 Å². The maximum Gasteiger partial charge on any atom is 0.411 e. The number of benzene rings is 1. The number of rotatable bonds is 6. The highest BCUT2D eigenvalue weighted by atomic mass is 32.2. The Balaban J connectivity index is 2.40. The van der Waals surface area contributed by atoms with E-state index in [1.54, 1.807) is 36.0 Å². The van der Waals surface area contributed by atoms with Crippen molar-refractivity contribution in [1.29, 1.82) is 0 Å². The van der Waals surface area contributed by atoms with Crippen molar-refractivity contribution in [2.45, 2.75) is 25.7 Å². The third kappa shape index (κ3) is 6.47. The van der Waals surface area contributed by atoms with Crippen LogP contribution in [0.3, 0.4) is 0 Å². The van der Waals surface area contributed by atoms with E-state index < -0.39 is 6.09 Å². The first-order valence-corrected chi connectivity index (χ1v) is 7.49. The van der Waals surface area contributed by atoms with Gasteiger partial charge in [0.15, 0.2) is 0 Å². The minimum absolute atomic E-state index is 0.227. The number of anilines is 1. The van der Waals surface area contributed by atoms with Crippen molar-refractivity contribution in [2.24, 2.45) is 0 Å². The molecule has 0 radical (unpaired) electrons. The van der Waals surface area contributed by atoms with Crippen molar-refractivity contribution in [1.82, 2.24) is 0 Å². The minimum Gasteiger partial charge on any atom is -0.461 e. The summed E-state index contributed by atoms with van der Waals surface area (Å²) in [4.78, 5) is 22.2. The van der Waals surface area contributed by atoms with E-state index in [1.807, 2.05) is 13.2 Å². The summed E-state index contributed by atoms with van der Waals surface area (Å²) in [5.41, 5.74) is 1.49. The van der Waals surface area contributed by atoms with Crippen LogP contribution >= 0.6 is 11.8 Å². The summed E-state index contributed by atoms with van der Waals surface area (Å²) in [5, 5.41) is 2.91. The lowest BCUT2D eigenvalue weighted by Crippen LogP contribution is -2.18. The molecular weight excluding hydrogens is 278 g/mol. The molecule has 1 N–H and O–H groups in total. The number of amides is 1. The zero-order chi connectivity index (χ0) is 15.0. The Labute approximate surface area is 123 Å². The maximum atomic E-state index is 11.5. The van der Waals surface area contributed by atoms with Crippen molar-refractivity contribution in [3.8, 4) is 0 Å². The standard InChI is InChI=1S/C14H19NO4S/c1-10(20-3)8-19-14(17)15-13-6-4-12(5-7-13)9-18-11(2)16/h4-7,10H,8-9H2,1-3H3,(H,15,17). The van der Waals surface area contributed by atoms with Crippen LogP contribution in [0.2, 0.25) is 0 Å². The van der Waals surface area contributed by atoms with E-state index in [2.05, 4.69) is 5.32 Å². The molecule has 20 heavy (non-hydrogen) atoms. The summed E-state index contributed by atoms with van der Waals surface area (Å²) in [6.45, 7) is 3.95. The molecule has 1 aromatic carbocycles. The molecule has 0 fully saturated rings. The zero-order valence-corrected chi connectivity index (χ0v) is 12.7. The Morgan fingerprint density at radius 3 is 2.45 bits per heavy atom. The first kappa shape index (κ1) is 16.4. The van der Waals surface area contributed by atoms with Gasteiger partial charge in [-0.15, -0.1) is 0 Å². The molecule has 1 aromatic rings. The lowest BCUT2D eigenvalue weighted by molar-refractivity contribution is -0.142. The van der Waals surface area contributed by atoms with E-state index in [-0.39, 0.29) is 17.8 Å². The van der Waals surface area contributed by atoms with E-state index in [0.29, 0.717) is 12.3 Å². The SMILES string of the molecule is CSC(C)COC(=O)Nc1ccc(COC(C)=O)cc1. The fourth-order valence-corrected chi connectivity index (χ4v) is 1.49. The summed E-state index contributed by atoms with van der Waals surface area (Å²) in [6, 6.07) is 7.03. The predicted molar refractivity (Wildman–Crippen MR) is 79.9 cm³/mol. The molecule has 0 aromatic heterocycles. The van der Waals surface area contributed by atoms with Gasteiger partial charge in [0, 0.05) is 17.9 Å². The van der Waals surface area contributed by atoms with Gasteiger partial charge < -0.3 is 9.47 Å². The van der Waals surface area contributed by atoms with Gasteiger partial charge in [-0.1, -0.05) is 19.1 Å². The van der Waals surface area contributed by atoms with Gasteiger partial charge in [-0.2, -0.15) is 11.8 Å². The van der Waals surface area contributed by atoms with Crippen molar-refractivity contribution >= 4 is 29.5 Å². The third-order valence-corrected chi connectivity index (χ3v) is 3.43. The summed E-state index contributed by atoms with van der Waals surface area (Å²) >= 11 is 1.64. The van der Waals surface area contributed by atoms with E-state index in [0.717, 1.165) is 5.56 Å². The first-order valence-electron chi connectivity index (χ1n) is 6.20. The highest BCUT2D eigenvalue weighted by Gasteiger charge is 2.06. The molecule has 110 valence electrons. The summed E-state index contributed by atoms with van der Waals surface area (Å²) < 4.78 is 9.94. The molecule has 1 unspecified atom stereocenters. The van der Waals surface area contributed by atoms with Crippen LogP contribution in [0.25, 0.3) is 0 Å². The lowest BCUT2D eigenvalue weighted by atomic mass is 10.2. The molecule has 0 aliphatic rings. The molecule has 1 atom stereocenters. The van der Waals surface area contributed by atoms with Gasteiger partial charge in [0.2, 0.25) is 0 Å². The number of hydrogen-bond acceptors (Lipinski definition) is 5. The Morgan fingerprint density at radius 2 is 1.90 bits per heavy atom. The van der Waals surface area contributed by atoms with Crippen LogP contribution in [0, 0.1) is 0 Å². The minimum atomic E-state index is -0.473. The average Bonchev–Trinajstić information content (AvgIpc) is 2.44. The Morgan fingerprint density at radius 1 is 1.25 bits per heavy atom. The van der Waals surface area contributed by atoms with Gasteiger partial charge in [-0.3, -0.25) is 10.1 Å². The zero-order valence-electron chi connectivity index (χ0n) is 11.8. The van der Waals surface area contributed by atoms with Gasteiger partial charge in [0.1, 0.15) is 13.2 Å². The highest BCUT2D eigenvalue weighted by molar-refractivity contribution is 7.99. The van der Waals surface area contributed by atoms with Gasteiger partial charge in [-0.25, -0.2) is 4.79 Å². The third-order valence-electron chi connectivity index (χ3n) is 2.49.